The highest BCUT2D eigenvalue weighted by molar-refractivity contribution is 9.10. The number of nitrogens with zero attached hydrogens (tertiary/aromatic N) is 1. The molecule has 0 aliphatic heterocycles. The molecular weight excluding hydrogens is 346 g/mol. The SMILES string of the molecule is CC(C)(C)NC(=O)CCNS(=O)(=O)c1cncc(Br)c1. The van der Waals surface area contributed by atoms with E-state index in [2.05, 4.69) is 31.0 Å². The first-order chi connectivity index (χ1) is 9.10. The average Bonchev–Trinajstić information content (AvgIpc) is 2.26. The summed E-state index contributed by atoms with van der Waals surface area (Å²) in [5.41, 5.74) is -0.329. The summed E-state index contributed by atoms with van der Waals surface area (Å²) in [5, 5.41) is 2.76. The molecule has 0 aliphatic carbocycles. The number of aromatic nitrogens is 1. The number of carbonyl (C=O) groups is 1. The van der Waals surface area contributed by atoms with Gasteiger partial charge in [0.2, 0.25) is 15.9 Å². The number of halogens is 1. The van der Waals surface area contributed by atoms with Gasteiger partial charge < -0.3 is 5.32 Å². The smallest absolute Gasteiger partial charge is 0.242 e. The molecular formula is C12H18BrN3O3S. The van der Waals surface area contributed by atoms with Crippen molar-refractivity contribution in [2.24, 2.45) is 0 Å². The lowest BCUT2D eigenvalue weighted by molar-refractivity contribution is -0.122. The summed E-state index contributed by atoms with van der Waals surface area (Å²) in [5.74, 6) is -0.201. The van der Waals surface area contributed by atoms with Crippen LogP contribution in [0.3, 0.4) is 0 Å². The standard InChI is InChI=1S/C12H18BrN3O3S/c1-12(2,3)16-11(17)4-5-15-20(18,19)10-6-9(13)7-14-8-10/h6-8,15H,4-5H2,1-3H3,(H,16,17). The van der Waals surface area contributed by atoms with E-state index in [1.807, 2.05) is 20.8 Å². The zero-order valence-corrected chi connectivity index (χ0v) is 14.0. The molecule has 1 heterocycles. The fraction of sp³-hybridized carbons (Fsp3) is 0.500. The van der Waals surface area contributed by atoms with Gasteiger partial charge in [0.15, 0.2) is 0 Å². The highest BCUT2D eigenvalue weighted by Crippen LogP contribution is 2.13. The van der Waals surface area contributed by atoms with E-state index in [1.165, 1.54) is 18.5 Å². The van der Waals surface area contributed by atoms with Gasteiger partial charge in [-0.2, -0.15) is 0 Å². The van der Waals surface area contributed by atoms with Crippen LogP contribution in [0.4, 0.5) is 0 Å². The van der Waals surface area contributed by atoms with Crippen LogP contribution in [0, 0.1) is 0 Å². The summed E-state index contributed by atoms with van der Waals surface area (Å²) in [6, 6.07) is 1.45. The molecule has 0 fully saturated rings. The van der Waals surface area contributed by atoms with E-state index in [1.54, 1.807) is 0 Å². The topological polar surface area (TPSA) is 88.2 Å². The van der Waals surface area contributed by atoms with Gasteiger partial charge in [0.25, 0.3) is 0 Å². The number of rotatable bonds is 5. The maximum Gasteiger partial charge on any atom is 0.242 e. The van der Waals surface area contributed by atoms with Gasteiger partial charge in [0, 0.05) is 35.4 Å². The number of hydrogen-bond donors (Lipinski definition) is 2. The normalized spacial score (nSPS) is 12.2. The molecule has 0 unspecified atom stereocenters. The third-order valence-electron chi connectivity index (χ3n) is 2.15. The Morgan fingerprint density at radius 3 is 2.55 bits per heavy atom. The molecule has 8 heteroatoms. The number of nitrogens with one attached hydrogen (secondary N) is 2. The first kappa shape index (κ1) is 17.1. The van der Waals surface area contributed by atoms with Crippen LogP contribution < -0.4 is 10.0 Å². The minimum absolute atomic E-state index is 0.0385. The predicted molar refractivity (Wildman–Crippen MR) is 79.6 cm³/mol. The highest BCUT2D eigenvalue weighted by Gasteiger charge is 2.17. The molecule has 0 atom stereocenters. The molecule has 1 aromatic rings. The molecule has 0 bridgehead atoms. The van der Waals surface area contributed by atoms with Gasteiger partial charge in [-0.3, -0.25) is 9.78 Å². The number of sulfonamides is 1. The second-order valence-electron chi connectivity index (χ2n) is 5.28. The number of pyridine rings is 1. The quantitative estimate of drug-likeness (QED) is 0.827. The van der Waals surface area contributed by atoms with Gasteiger partial charge in [0.1, 0.15) is 4.90 Å². The number of amides is 1. The van der Waals surface area contributed by atoms with E-state index in [0.29, 0.717) is 4.47 Å². The van der Waals surface area contributed by atoms with Crippen molar-refractivity contribution < 1.29 is 13.2 Å². The summed E-state index contributed by atoms with van der Waals surface area (Å²) in [6.07, 6.45) is 2.83. The summed E-state index contributed by atoms with van der Waals surface area (Å²) >= 11 is 3.16. The van der Waals surface area contributed by atoms with E-state index in [-0.39, 0.29) is 29.3 Å². The van der Waals surface area contributed by atoms with Crippen LogP contribution in [0.25, 0.3) is 0 Å². The second-order valence-corrected chi connectivity index (χ2v) is 7.97. The molecule has 112 valence electrons. The third kappa shape index (κ3) is 5.98. The van der Waals surface area contributed by atoms with Crippen molar-refractivity contribution in [3.63, 3.8) is 0 Å². The molecule has 0 radical (unpaired) electrons. The lowest BCUT2D eigenvalue weighted by Gasteiger charge is -2.20. The van der Waals surface area contributed by atoms with Crippen LogP contribution in [-0.4, -0.2) is 31.4 Å². The molecule has 6 nitrogen and oxygen atoms in total. The Morgan fingerprint density at radius 2 is 2.00 bits per heavy atom. The lowest BCUT2D eigenvalue weighted by Crippen LogP contribution is -2.41. The molecule has 1 rings (SSSR count). The molecule has 20 heavy (non-hydrogen) atoms. The fourth-order valence-electron chi connectivity index (χ4n) is 1.40. The monoisotopic (exact) mass is 363 g/mol. The minimum Gasteiger partial charge on any atom is -0.351 e. The Hall–Kier alpha value is -0.990. The van der Waals surface area contributed by atoms with Crippen LogP contribution in [-0.2, 0) is 14.8 Å². The van der Waals surface area contributed by atoms with Gasteiger partial charge in [-0.05, 0) is 42.8 Å². The molecule has 0 aromatic carbocycles. The Balaban J connectivity index is 2.55. The van der Waals surface area contributed by atoms with Crippen molar-refractivity contribution >= 4 is 31.9 Å². The van der Waals surface area contributed by atoms with E-state index >= 15 is 0 Å². The van der Waals surface area contributed by atoms with Gasteiger partial charge in [-0.1, -0.05) is 0 Å². The fourth-order valence-corrected chi connectivity index (χ4v) is 2.94. The van der Waals surface area contributed by atoms with Crippen molar-refractivity contribution in [2.75, 3.05) is 6.54 Å². The van der Waals surface area contributed by atoms with E-state index in [9.17, 15) is 13.2 Å². The molecule has 1 amide bonds. The van der Waals surface area contributed by atoms with Crippen molar-refractivity contribution in [2.45, 2.75) is 37.6 Å². The van der Waals surface area contributed by atoms with Crippen LogP contribution in [0.5, 0.6) is 0 Å². The van der Waals surface area contributed by atoms with Crippen LogP contribution in [0.1, 0.15) is 27.2 Å². The first-order valence-corrected chi connectivity index (χ1v) is 8.29. The van der Waals surface area contributed by atoms with E-state index in [4.69, 9.17) is 0 Å². The van der Waals surface area contributed by atoms with Gasteiger partial charge in [-0.25, -0.2) is 13.1 Å². The van der Waals surface area contributed by atoms with Crippen molar-refractivity contribution in [3.8, 4) is 0 Å². The van der Waals surface area contributed by atoms with Crippen molar-refractivity contribution in [3.05, 3.63) is 22.9 Å². The molecule has 1 aromatic heterocycles. The highest BCUT2D eigenvalue weighted by atomic mass is 79.9. The minimum atomic E-state index is -3.64. The predicted octanol–water partition coefficient (Wildman–Crippen LogP) is 1.43. The van der Waals surface area contributed by atoms with Crippen molar-refractivity contribution in [1.82, 2.24) is 15.0 Å². The maximum absolute atomic E-state index is 11.9. The number of hydrogen-bond acceptors (Lipinski definition) is 4. The molecule has 0 saturated carbocycles. The second kappa shape index (κ2) is 6.64. The average molecular weight is 364 g/mol. The molecule has 0 spiro atoms. The summed E-state index contributed by atoms with van der Waals surface area (Å²) in [7, 11) is -3.64. The Labute approximate surface area is 127 Å². The van der Waals surface area contributed by atoms with Gasteiger partial charge in [-0.15, -0.1) is 0 Å². The number of carbonyl (C=O) groups excluding carboxylic acids is 1. The third-order valence-corrected chi connectivity index (χ3v) is 4.01. The van der Waals surface area contributed by atoms with Crippen LogP contribution in [0.15, 0.2) is 27.8 Å². The zero-order valence-electron chi connectivity index (χ0n) is 11.6. The van der Waals surface area contributed by atoms with Gasteiger partial charge >= 0.3 is 0 Å². The Morgan fingerprint density at radius 1 is 1.35 bits per heavy atom. The largest absolute Gasteiger partial charge is 0.351 e. The summed E-state index contributed by atoms with van der Waals surface area (Å²) in [4.78, 5) is 15.4. The Bertz CT molecular complexity index is 582. The van der Waals surface area contributed by atoms with E-state index in [0.717, 1.165) is 0 Å². The van der Waals surface area contributed by atoms with Crippen LogP contribution in [0.2, 0.25) is 0 Å². The van der Waals surface area contributed by atoms with Crippen molar-refractivity contribution in [1.29, 1.82) is 0 Å². The zero-order chi connectivity index (χ0) is 15.4. The maximum atomic E-state index is 11.9. The molecule has 0 aliphatic rings. The molecule has 2 N–H and O–H groups in total. The Kier molecular flexibility index (Phi) is 5.67. The summed E-state index contributed by atoms with van der Waals surface area (Å²) in [6.45, 7) is 5.63. The van der Waals surface area contributed by atoms with Gasteiger partial charge in [0.05, 0.1) is 0 Å². The van der Waals surface area contributed by atoms with Crippen LogP contribution >= 0.6 is 15.9 Å². The first-order valence-electron chi connectivity index (χ1n) is 6.01. The summed E-state index contributed by atoms with van der Waals surface area (Å²) < 4.78 is 26.8. The van der Waals surface area contributed by atoms with E-state index < -0.39 is 10.0 Å². The lowest BCUT2D eigenvalue weighted by atomic mass is 10.1. The molecule has 0 saturated heterocycles.